The van der Waals surface area contributed by atoms with Crippen LogP contribution in [-0.4, -0.2) is 93.1 Å². The zero-order valence-electron chi connectivity index (χ0n) is 33.4. The van der Waals surface area contributed by atoms with Crippen LogP contribution in [0.25, 0.3) is 0 Å². The average molecular weight is 801 g/mol. The zero-order valence-corrected chi connectivity index (χ0v) is 33.4. The van der Waals surface area contributed by atoms with E-state index in [1.54, 1.807) is 35.2 Å². The number of ether oxygens (including phenoxy) is 1. The predicted molar refractivity (Wildman–Crippen MR) is 234 cm³/mol. The summed E-state index contributed by atoms with van der Waals surface area (Å²) in [7, 11) is 0. The van der Waals surface area contributed by atoms with Crippen molar-refractivity contribution in [1.82, 2.24) is 19.6 Å². The van der Waals surface area contributed by atoms with E-state index in [1.807, 2.05) is 93.6 Å². The number of esters is 1. The normalized spacial score (nSPS) is 19.3. The topological polar surface area (TPSA) is 108 Å². The van der Waals surface area contributed by atoms with Crippen molar-refractivity contribution in [3.63, 3.8) is 0 Å². The van der Waals surface area contributed by atoms with Crippen LogP contribution in [0.3, 0.4) is 0 Å². The molecular formula is C49H60N4O6. The lowest BCUT2D eigenvalue weighted by atomic mass is 9.90. The van der Waals surface area contributed by atoms with E-state index in [4.69, 9.17) is 4.74 Å². The van der Waals surface area contributed by atoms with Crippen molar-refractivity contribution in [3.8, 4) is 0 Å². The van der Waals surface area contributed by atoms with Crippen molar-refractivity contribution in [1.29, 1.82) is 0 Å². The van der Waals surface area contributed by atoms with Gasteiger partial charge in [-0.2, -0.15) is 0 Å². The van der Waals surface area contributed by atoms with Crippen LogP contribution in [0.1, 0.15) is 78.1 Å². The first-order chi connectivity index (χ1) is 27.3. The lowest BCUT2D eigenvalue weighted by Gasteiger charge is -2.46. The molecule has 0 spiro atoms. The van der Waals surface area contributed by atoms with Crippen molar-refractivity contribution in [2.75, 3.05) is 32.8 Å². The van der Waals surface area contributed by atoms with E-state index >= 15 is 0 Å². The van der Waals surface area contributed by atoms with Crippen LogP contribution in [0.5, 0.6) is 0 Å². The summed E-state index contributed by atoms with van der Waals surface area (Å²) in [6.45, 7) is 17.4. The quantitative estimate of drug-likeness (QED) is 0.0650. The summed E-state index contributed by atoms with van der Waals surface area (Å²) in [5, 5.41) is 0. The van der Waals surface area contributed by atoms with Crippen LogP contribution < -0.4 is 0 Å². The van der Waals surface area contributed by atoms with Crippen LogP contribution in [0.4, 0.5) is 0 Å². The number of aryl methyl sites for hydroxylation is 2. The summed E-state index contributed by atoms with van der Waals surface area (Å²) in [5.74, 6) is -2.07. The molecule has 0 aliphatic carbocycles. The van der Waals surface area contributed by atoms with E-state index < -0.39 is 28.9 Å². The van der Waals surface area contributed by atoms with E-state index in [2.05, 4.69) is 30.2 Å². The van der Waals surface area contributed by atoms with Gasteiger partial charge in [0.2, 0.25) is 5.91 Å². The van der Waals surface area contributed by atoms with E-state index in [0.717, 1.165) is 27.2 Å². The standard InChI is InChI=1S/C24H26N2O4.C23H26N2O2.2CH4/c1-4-16-30-23(29)24(3)22(28)26(21(27)20-12-10-18(2)11-13-20)15-14-25(24)17-19-8-6-5-7-9-19;1-4-14-23(3)22(27)25(21(26)20-12-10-18(2)11-13-20)16-15-24(23)17-19-8-6-5-7-9-19;;/h4-13H,1,14-17H2,2-3H3;4-13H,1,14-17H2,2-3H3;2*1H4/t;23-;;/m.0../s1. The number of hydrogen-bond donors (Lipinski definition) is 0. The third kappa shape index (κ3) is 10.8. The molecule has 4 amide bonds. The summed E-state index contributed by atoms with van der Waals surface area (Å²) in [6.07, 6.45) is 3.71. The Kier molecular flexibility index (Phi) is 17.0. The van der Waals surface area contributed by atoms with Gasteiger partial charge in [0.25, 0.3) is 17.7 Å². The lowest BCUT2D eigenvalue weighted by Crippen LogP contribution is -2.69. The van der Waals surface area contributed by atoms with Crippen LogP contribution in [0.2, 0.25) is 0 Å². The minimum atomic E-state index is -1.61. The monoisotopic (exact) mass is 800 g/mol. The third-order valence-corrected chi connectivity index (χ3v) is 10.7. The molecule has 2 saturated heterocycles. The second-order valence-corrected chi connectivity index (χ2v) is 14.8. The highest BCUT2D eigenvalue weighted by atomic mass is 16.5. The number of imide groups is 2. The molecule has 2 aliphatic heterocycles. The van der Waals surface area contributed by atoms with Crippen LogP contribution in [0, 0.1) is 13.8 Å². The fraction of sp³-hybridized carbons (Fsp3) is 0.327. The highest BCUT2D eigenvalue weighted by molar-refractivity contribution is 6.15. The Balaban J connectivity index is 0.000000306. The molecule has 2 fully saturated rings. The second kappa shape index (κ2) is 21.2. The minimum Gasteiger partial charge on any atom is -0.460 e. The molecule has 6 rings (SSSR count). The first kappa shape index (κ1) is 47.4. The third-order valence-electron chi connectivity index (χ3n) is 10.7. The molecule has 4 aromatic carbocycles. The lowest BCUT2D eigenvalue weighted by molar-refractivity contribution is -0.169. The molecular weight excluding hydrogens is 741 g/mol. The molecule has 0 radical (unpaired) electrons. The maximum atomic E-state index is 13.5. The van der Waals surface area contributed by atoms with Gasteiger partial charge in [-0.25, -0.2) is 4.79 Å². The van der Waals surface area contributed by atoms with E-state index in [1.165, 1.54) is 17.9 Å². The van der Waals surface area contributed by atoms with Gasteiger partial charge in [-0.1, -0.05) is 130 Å². The average Bonchev–Trinajstić information content (AvgIpc) is 3.22. The van der Waals surface area contributed by atoms with Gasteiger partial charge in [-0.15, -0.1) is 6.58 Å². The molecule has 2 aliphatic rings. The number of amides is 4. The highest BCUT2D eigenvalue weighted by Crippen LogP contribution is 2.31. The number of nitrogens with zero attached hydrogens (tertiary/aromatic N) is 4. The van der Waals surface area contributed by atoms with Gasteiger partial charge in [0, 0.05) is 50.4 Å². The van der Waals surface area contributed by atoms with Crippen molar-refractivity contribution in [2.45, 2.75) is 73.1 Å². The molecule has 0 saturated carbocycles. The smallest absolute Gasteiger partial charge is 0.336 e. The molecule has 10 heteroatoms. The van der Waals surface area contributed by atoms with Gasteiger partial charge in [-0.3, -0.25) is 38.8 Å². The Bertz CT molecular complexity index is 2070. The van der Waals surface area contributed by atoms with Crippen molar-refractivity contribution < 1.29 is 28.7 Å². The fourth-order valence-corrected chi connectivity index (χ4v) is 7.12. The molecule has 4 aromatic rings. The SMILES string of the molecule is C.C.C=CCOC(=O)C1(C)C(=O)N(C(=O)c2ccc(C)cc2)CCN1Cc1ccccc1.C=CC[C@@]1(C)C(=O)N(C(=O)c2ccc(C)cc2)CCN1Cc1ccccc1. The Morgan fingerprint density at radius 3 is 1.47 bits per heavy atom. The number of carbonyl (C=O) groups is 5. The van der Waals surface area contributed by atoms with Gasteiger partial charge in [-0.05, 0) is 69.5 Å². The zero-order chi connectivity index (χ0) is 41.2. The predicted octanol–water partition coefficient (Wildman–Crippen LogP) is 8.05. The Morgan fingerprint density at radius 2 is 1.03 bits per heavy atom. The number of carbonyl (C=O) groups excluding carboxylic acids is 5. The first-order valence-electron chi connectivity index (χ1n) is 19.2. The number of hydrogen-bond acceptors (Lipinski definition) is 8. The second-order valence-electron chi connectivity index (χ2n) is 14.8. The molecule has 1 unspecified atom stereocenters. The first-order valence-corrected chi connectivity index (χ1v) is 19.2. The molecule has 2 atom stereocenters. The Morgan fingerprint density at radius 1 is 0.610 bits per heavy atom. The summed E-state index contributed by atoms with van der Waals surface area (Å²) >= 11 is 0. The molecule has 0 aromatic heterocycles. The summed E-state index contributed by atoms with van der Waals surface area (Å²) < 4.78 is 5.26. The number of rotatable bonds is 11. The molecule has 312 valence electrons. The Hall–Kier alpha value is -5.97. The van der Waals surface area contributed by atoms with E-state index in [-0.39, 0.29) is 39.8 Å². The summed E-state index contributed by atoms with van der Waals surface area (Å²) in [5.41, 5.74) is 2.78. The van der Waals surface area contributed by atoms with Crippen molar-refractivity contribution in [2.24, 2.45) is 0 Å². The largest absolute Gasteiger partial charge is 0.460 e. The van der Waals surface area contributed by atoms with Crippen LogP contribution >= 0.6 is 0 Å². The maximum Gasteiger partial charge on any atom is 0.336 e. The van der Waals surface area contributed by atoms with E-state index in [9.17, 15) is 24.0 Å². The van der Waals surface area contributed by atoms with Crippen LogP contribution in [-0.2, 0) is 32.2 Å². The van der Waals surface area contributed by atoms with Gasteiger partial charge in [0.1, 0.15) is 12.1 Å². The molecule has 0 bridgehead atoms. The fourth-order valence-electron chi connectivity index (χ4n) is 7.12. The molecule has 2 heterocycles. The van der Waals surface area contributed by atoms with Gasteiger partial charge >= 0.3 is 5.97 Å². The number of benzene rings is 4. The molecule has 0 N–H and O–H groups in total. The molecule has 59 heavy (non-hydrogen) atoms. The number of piperazine rings is 2. The minimum absolute atomic E-state index is 0. The van der Waals surface area contributed by atoms with Gasteiger partial charge in [0.15, 0.2) is 5.54 Å². The highest BCUT2D eigenvalue weighted by Gasteiger charge is 2.54. The van der Waals surface area contributed by atoms with Crippen LogP contribution in [0.15, 0.2) is 135 Å². The summed E-state index contributed by atoms with van der Waals surface area (Å²) in [6, 6.07) is 34.1. The Labute approximate surface area is 350 Å². The maximum absolute atomic E-state index is 13.5. The van der Waals surface area contributed by atoms with Crippen molar-refractivity contribution in [3.05, 3.63) is 168 Å². The van der Waals surface area contributed by atoms with Gasteiger partial charge in [0.05, 0.1) is 0 Å². The van der Waals surface area contributed by atoms with Gasteiger partial charge < -0.3 is 4.74 Å². The van der Waals surface area contributed by atoms with E-state index in [0.29, 0.717) is 50.3 Å². The van der Waals surface area contributed by atoms with Crippen molar-refractivity contribution >= 4 is 29.6 Å². The molecule has 10 nitrogen and oxygen atoms in total. The summed E-state index contributed by atoms with van der Waals surface area (Å²) in [4.78, 5) is 72.2.